The van der Waals surface area contributed by atoms with E-state index in [2.05, 4.69) is 0 Å². The van der Waals surface area contributed by atoms with Gasteiger partial charge >= 0.3 is 5.97 Å². The van der Waals surface area contributed by atoms with Crippen molar-refractivity contribution in [1.82, 2.24) is 4.90 Å². The zero-order valence-electron chi connectivity index (χ0n) is 10.9. The molecule has 1 atom stereocenters. The first-order chi connectivity index (χ1) is 8.41. The molecule has 2 fully saturated rings. The molecular formula is C13H22N2O3. The second kappa shape index (κ2) is 4.53. The largest absolute Gasteiger partial charge is 0.481 e. The molecule has 0 aromatic heterocycles. The second-order valence-corrected chi connectivity index (χ2v) is 6.17. The monoisotopic (exact) mass is 254 g/mol. The van der Waals surface area contributed by atoms with Gasteiger partial charge in [0.15, 0.2) is 0 Å². The van der Waals surface area contributed by atoms with Gasteiger partial charge in [0.1, 0.15) is 0 Å². The second-order valence-electron chi connectivity index (χ2n) is 6.17. The van der Waals surface area contributed by atoms with E-state index in [-0.39, 0.29) is 11.3 Å². The molecule has 1 saturated carbocycles. The number of carbonyl (C=O) groups is 2. The first-order valence-electron chi connectivity index (χ1n) is 6.62. The van der Waals surface area contributed by atoms with E-state index < -0.39 is 11.4 Å². The van der Waals surface area contributed by atoms with Crippen LogP contribution in [0.25, 0.3) is 0 Å². The molecule has 1 aliphatic carbocycles. The summed E-state index contributed by atoms with van der Waals surface area (Å²) in [7, 11) is 0. The SMILES string of the molecule is CC1(C(=O)O)CCN(C(=O)CC2(CN)CCC2)C1. The summed E-state index contributed by atoms with van der Waals surface area (Å²) in [5.41, 5.74) is 4.98. The van der Waals surface area contributed by atoms with Gasteiger partial charge in [-0.15, -0.1) is 0 Å². The lowest BCUT2D eigenvalue weighted by atomic mass is 9.66. The number of carboxylic acid groups (broad SMARTS) is 1. The van der Waals surface area contributed by atoms with Crippen molar-refractivity contribution < 1.29 is 14.7 Å². The fraction of sp³-hybridized carbons (Fsp3) is 0.846. The summed E-state index contributed by atoms with van der Waals surface area (Å²) in [5, 5.41) is 9.15. The standard InChI is InChI=1S/C13H22N2O3/c1-12(11(17)18)5-6-15(9-12)10(16)7-13(8-14)3-2-4-13/h2-9,14H2,1H3,(H,17,18). The first-order valence-corrected chi connectivity index (χ1v) is 6.62. The summed E-state index contributed by atoms with van der Waals surface area (Å²) in [6, 6.07) is 0. The molecule has 0 radical (unpaired) electrons. The molecule has 5 heteroatoms. The highest BCUT2D eigenvalue weighted by atomic mass is 16.4. The number of carbonyl (C=O) groups excluding carboxylic acids is 1. The normalized spacial score (nSPS) is 30.0. The average Bonchev–Trinajstić information content (AvgIpc) is 2.68. The fourth-order valence-electron chi connectivity index (χ4n) is 2.91. The van der Waals surface area contributed by atoms with E-state index >= 15 is 0 Å². The van der Waals surface area contributed by atoms with E-state index in [0.29, 0.717) is 32.5 Å². The van der Waals surface area contributed by atoms with Crippen molar-refractivity contribution in [2.75, 3.05) is 19.6 Å². The van der Waals surface area contributed by atoms with Crippen LogP contribution in [0.4, 0.5) is 0 Å². The Morgan fingerprint density at radius 3 is 2.39 bits per heavy atom. The molecule has 1 heterocycles. The van der Waals surface area contributed by atoms with Gasteiger partial charge in [-0.2, -0.15) is 0 Å². The molecule has 1 unspecified atom stereocenters. The Kier molecular flexibility index (Phi) is 3.36. The fourth-order valence-corrected chi connectivity index (χ4v) is 2.91. The summed E-state index contributed by atoms with van der Waals surface area (Å²) in [6.45, 7) is 3.16. The first kappa shape index (κ1) is 13.3. The molecular weight excluding hydrogens is 232 g/mol. The van der Waals surface area contributed by atoms with Crippen LogP contribution in [0.1, 0.15) is 39.0 Å². The van der Waals surface area contributed by atoms with E-state index in [1.54, 1.807) is 11.8 Å². The lowest BCUT2D eigenvalue weighted by Gasteiger charge is -2.41. The maximum atomic E-state index is 12.2. The topological polar surface area (TPSA) is 83.6 Å². The minimum atomic E-state index is -0.810. The highest BCUT2D eigenvalue weighted by Gasteiger charge is 2.44. The van der Waals surface area contributed by atoms with E-state index in [9.17, 15) is 9.59 Å². The molecule has 2 rings (SSSR count). The van der Waals surface area contributed by atoms with E-state index in [1.165, 1.54) is 0 Å². The maximum absolute atomic E-state index is 12.2. The van der Waals surface area contributed by atoms with Crippen LogP contribution in [0, 0.1) is 10.8 Å². The quantitative estimate of drug-likeness (QED) is 0.778. The molecule has 102 valence electrons. The number of hydrogen-bond acceptors (Lipinski definition) is 3. The number of amides is 1. The smallest absolute Gasteiger partial charge is 0.311 e. The van der Waals surface area contributed by atoms with Gasteiger partial charge in [0, 0.05) is 19.5 Å². The van der Waals surface area contributed by atoms with Gasteiger partial charge < -0.3 is 15.7 Å². The van der Waals surface area contributed by atoms with Crippen molar-refractivity contribution in [3.05, 3.63) is 0 Å². The Hall–Kier alpha value is -1.10. The maximum Gasteiger partial charge on any atom is 0.311 e. The Morgan fingerprint density at radius 1 is 1.33 bits per heavy atom. The van der Waals surface area contributed by atoms with Crippen LogP contribution in [0.2, 0.25) is 0 Å². The van der Waals surface area contributed by atoms with Crippen molar-refractivity contribution in [2.24, 2.45) is 16.6 Å². The van der Waals surface area contributed by atoms with Gasteiger partial charge in [-0.05, 0) is 38.1 Å². The minimum absolute atomic E-state index is 0.000696. The third-order valence-corrected chi connectivity index (χ3v) is 4.72. The summed E-state index contributed by atoms with van der Waals surface area (Å²) in [6.07, 6.45) is 4.23. The van der Waals surface area contributed by atoms with E-state index in [1.807, 2.05) is 0 Å². The van der Waals surface area contributed by atoms with E-state index in [4.69, 9.17) is 10.8 Å². The van der Waals surface area contributed by atoms with Gasteiger partial charge in [-0.1, -0.05) is 6.42 Å². The number of hydrogen-bond donors (Lipinski definition) is 2. The van der Waals surface area contributed by atoms with Crippen molar-refractivity contribution >= 4 is 11.9 Å². The Bertz CT molecular complexity index is 360. The van der Waals surface area contributed by atoms with Crippen LogP contribution in [0.5, 0.6) is 0 Å². The molecule has 0 spiro atoms. The van der Waals surface area contributed by atoms with Crippen molar-refractivity contribution in [1.29, 1.82) is 0 Å². The van der Waals surface area contributed by atoms with Crippen LogP contribution < -0.4 is 5.73 Å². The Labute approximate surface area is 107 Å². The van der Waals surface area contributed by atoms with Crippen molar-refractivity contribution in [3.63, 3.8) is 0 Å². The molecule has 18 heavy (non-hydrogen) atoms. The van der Waals surface area contributed by atoms with Gasteiger partial charge in [-0.25, -0.2) is 0 Å². The Balaban J connectivity index is 1.93. The van der Waals surface area contributed by atoms with Gasteiger partial charge in [0.05, 0.1) is 5.41 Å². The van der Waals surface area contributed by atoms with Crippen LogP contribution >= 0.6 is 0 Å². The van der Waals surface area contributed by atoms with Gasteiger partial charge in [-0.3, -0.25) is 9.59 Å². The number of rotatable bonds is 4. The van der Waals surface area contributed by atoms with Crippen LogP contribution in [0.3, 0.4) is 0 Å². The molecule has 1 saturated heterocycles. The molecule has 0 aromatic rings. The molecule has 2 aliphatic rings. The number of nitrogens with two attached hydrogens (primary N) is 1. The Morgan fingerprint density at radius 2 is 2.00 bits per heavy atom. The molecule has 0 bridgehead atoms. The number of aliphatic carboxylic acids is 1. The van der Waals surface area contributed by atoms with Crippen LogP contribution in [-0.2, 0) is 9.59 Å². The lowest BCUT2D eigenvalue weighted by Crippen LogP contribution is -2.43. The highest BCUT2D eigenvalue weighted by Crippen LogP contribution is 2.44. The van der Waals surface area contributed by atoms with Crippen LogP contribution in [0.15, 0.2) is 0 Å². The minimum Gasteiger partial charge on any atom is -0.481 e. The summed E-state index contributed by atoms with van der Waals surface area (Å²) >= 11 is 0. The van der Waals surface area contributed by atoms with Crippen molar-refractivity contribution in [2.45, 2.75) is 39.0 Å². The summed E-state index contributed by atoms with van der Waals surface area (Å²) in [4.78, 5) is 25.0. The lowest BCUT2D eigenvalue weighted by molar-refractivity contribution is -0.147. The van der Waals surface area contributed by atoms with Crippen molar-refractivity contribution in [3.8, 4) is 0 Å². The number of nitrogens with zero attached hydrogens (tertiary/aromatic N) is 1. The number of likely N-dealkylation sites (tertiary alicyclic amines) is 1. The molecule has 0 aromatic carbocycles. The molecule has 3 N–H and O–H groups in total. The highest BCUT2D eigenvalue weighted by molar-refractivity contribution is 5.81. The zero-order valence-corrected chi connectivity index (χ0v) is 10.9. The predicted molar refractivity (Wildman–Crippen MR) is 66.9 cm³/mol. The number of carboxylic acids is 1. The van der Waals surface area contributed by atoms with Gasteiger partial charge in [0.25, 0.3) is 0 Å². The predicted octanol–water partition coefficient (Wildman–Crippen LogP) is 0.829. The molecule has 1 aliphatic heterocycles. The molecule has 1 amide bonds. The summed E-state index contributed by atoms with van der Waals surface area (Å²) in [5.74, 6) is -0.736. The molecule has 5 nitrogen and oxygen atoms in total. The third kappa shape index (κ3) is 2.23. The zero-order chi connectivity index (χ0) is 13.4. The van der Waals surface area contributed by atoms with Crippen LogP contribution in [-0.4, -0.2) is 41.5 Å². The van der Waals surface area contributed by atoms with Gasteiger partial charge in [0.2, 0.25) is 5.91 Å². The average molecular weight is 254 g/mol. The third-order valence-electron chi connectivity index (χ3n) is 4.72. The summed E-state index contributed by atoms with van der Waals surface area (Å²) < 4.78 is 0. The van der Waals surface area contributed by atoms with E-state index in [0.717, 1.165) is 19.3 Å².